The minimum absolute atomic E-state index is 0.0548. The number of hydrogen-bond acceptors (Lipinski definition) is 4. The van der Waals surface area contributed by atoms with Crippen LogP contribution in [0.4, 0.5) is 0 Å². The molecule has 0 aliphatic heterocycles. The van der Waals surface area contributed by atoms with E-state index in [4.69, 9.17) is 10.5 Å². The first-order valence-electron chi connectivity index (χ1n) is 5.34. The highest BCUT2D eigenvalue weighted by atomic mass is 32.2. The van der Waals surface area contributed by atoms with Crippen molar-refractivity contribution in [2.24, 2.45) is 5.73 Å². The van der Waals surface area contributed by atoms with Crippen LogP contribution in [0.3, 0.4) is 0 Å². The zero-order chi connectivity index (χ0) is 11.7. The molecular formula is C9H22N2O3S. The van der Waals surface area contributed by atoms with E-state index in [1.54, 1.807) is 0 Å². The van der Waals surface area contributed by atoms with Crippen LogP contribution in [0.15, 0.2) is 0 Å². The Kier molecular flexibility index (Phi) is 7.95. The SMILES string of the molecule is CCOCCS(=O)(=O)N(CC)CCCN. The van der Waals surface area contributed by atoms with Crippen molar-refractivity contribution in [2.45, 2.75) is 20.3 Å². The lowest BCUT2D eigenvalue weighted by molar-refractivity contribution is 0.162. The maximum Gasteiger partial charge on any atom is 0.216 e. The van der Waals surface area contributed by atoms with E-state index < -0.39 is 10.0 Å². The highest BCUT2D eigenvalue weighted by Crippen LogP contribution is 2.02. The third-order valence-electron chi connectivity index (χ3n) is 2.05. The molecule has 0 radical (unpaired) electrons. The molecule has 5 nitrogen and oxygen atoms in total. The van der Waals surface area contributed by atoms with Gasteiger partial charge in [-0.25, -0.2) is 12.7 Å². The van der Waals surface area contributed by atoms with Crippen LogP contribution in [-0.4, -0.2) is 51.3 Å². The smallest absolute Gasteiger partial charge is 0.216 e. The minimum Gasteiger partial charge on any atom is -0.381 e. The van der Waals surface area contributed by atoms with Gasteiger partial charge in [0, 0.05) is 19.7 Å². The Bertz CT molecular complexity index is 242. The fraction of sp³-hybridized carbons (Fsp3) is 1.00. The fourth-order valence-electron chi connectivity index (χ4n) is 1.20. The average molecular weight is 238 g/mol. The second kappa shape index (κ2) is 8.04. The van der Waals surface area contributed by atoms with Gasteiger partial charge in [0.1, 0.15) is 0 Å². The largest absolute Gasteiger partial charge is 0.381 e. The first-order valence-corrected chi connectivity index (χ1v) is 6.95. The summed E-state index contributed by atoms with van der Waals surface area (Å²) in [6.07, 6.45) is 0.696. The van der Waals surface area contributed by atoms with Crippen molar-refractivity contribution in [3.05, 3.63) is 0 Å². The molecule has 0 spiro atoms. The van der Waals surface area contributed by atoms with Gasteiger partial charge in [-0.05, 0) is 19.9 Å². The molecule has 0 atom stereocenters. The Hall–Kier alpha value is -0.170. The number of nitrogens with zero attached hydrogens (tertiary/aromatic N) is 1. The highest BCUT2D eigenvalue weighted by Gasteiger charge is 2.19. The van der Waals surface area contributed by atoms with Crippen LogP contribution in [0.25, 0.3) is 0 Å². The number of nitrogens with two attached hydrogens (primary N) is 1. The standard InChI is InChI=1S/C9H22N2O3S/c1-3-11(7-5-6-10)15(12,13)9-8-14-4-2/h3-10H2,1-2H3. The van der Waals surface area contributed by atoms with Crippen LogP contribution in [-0.2, 0) is 14.8 Å². The highest BCUT2D eigenvalue weighted by molar-refractivity contribution is 7.89. The van der Waals surface area contributed by atoms with Gasteiger partial charge in [0.05, 0.1) is 12.4 Å². The van der Waals surface area contributed by atoms with E-state index in [1.807, 2.05) is 13.8 Å². The summed E-state index contributed by atoms with van der Waals surface area (Å²) in [4.78, 5) is 0. The van der Waals surface area contributed by atoms with Crippen molar-refractivity contribution in [1.29, 1.82) is 0 Å². The minimum atomic E-state index is -3.16. The predicted molar refractivity (Wildman–Crippen MR) is 61.2 cm³/mol. The van der Waals surface area contributed by atoms with Gasteiger partial charge in [-0.3, -0.25) is 0 Å². The number of hydrogen-bond donors (Lipinski definition) is 1. The summed E-state index contributed by atoms with van der Waals surface area (Å²) >= 11 is 0. The van der Waals surface area contributed by atoms with Crippen molar-refractivity contribution < 1.29 is 13.2 Å². The number of rotatable bonds is 9. The molecule has 0 fully saturated rings. The molecule has 2 N–H and O–H groups in total. The van der Waals surface area contributed by atoms with Gasteiger partial charge in [0.2, 0.25) is 10.0 Å². The third kappa shape index (κ3) is 6.09. The summed E-state index contributed by atoms with van der Waals surface area (Å²) in [5.74, 6) is 0.0548. The molecule has 0 bridgehead atoms. The van der Waals surface area contributed by atoms with Gasteiger partial charge in [0.25, 0.3) is 0 Å². The average Bonchev–Trinajstić information content (AvgIpc) is 2.19. The quantitative estimate of drug-likeness (QED) is 0.575. The van der Waals surface area contributed by atoms with Crippen LogP contribution < -0.4 is 5.73 Å². The molecule has 0 saturated carbocycles. The van der Waals surface area contributed by atoms with E-state index in [0.29, 0.717) is 32.7 Å². The van der Waals surface area contributed by atoms with Crippen LogP contribution in [0, 0.1) is 0 Å². The van der Waals surface area contributed by atoms with Crippen molar-refractivity contribution in [3.63, 3.8) is 0 Å². The zero-order valence-corrected chi connectivity index (χ0v) is 10.4. The normalized spacial score (nSPS) is 12.3. The molecule has 0 aromatic carbocycles. The Morgan fingerprint density at radius 1 is 1.33 bits per heavy atom. The molecule has 0 aliphatic rings. The molecule has 15 heavy (non-hydrogen) atoms. The molecule has 6 heteroatoms. The third-order valence-corrected chi connectivity index (χ3v) is 3.96. The van der Waals surface area contributed by atoms with Crippen molar-refractivity contribution in [3.8, 4) is 0 Å². The molecule has 0 aliphatic carbocycles. The topological polar surface area (TPSA) is 72.6 Å². The van der Waals surface area contributed by atoms with Crippen molar-refractivity contribution >= 4 is 10.0 Å². The maximum absolute atomic E-state index is 11.7. The molecule has 92 valence electrons. The maximum atomic E-state index is 11.7. The summed E-state index contributed by atoms with van der Waals surface area (Å²) in [5.41, 5.74) is 5.35. The molecular weight excluding hydrogens is 216 g/mol. The van der Waals surface area contributed by atoms with Crippen molar-refractivity contribution in [2.75, 3.05) is 38.6 Å². The van der Waals surface area contributed by atoms with Gasteiger partial charge in [-0.15, -0.1) is 0 Å². The fourth-order valence-corrected chi connectivity index (χ4v) is 2.59. The summed E-state index contributed by atoms with van der Waals surface area (Å²) in [6.45, 7) is 5.99. The van der Waals surface area contributed by atoms with E-state index in [0.717, 1.165) is 0 Å². The zero-order valence-electron chi connectivity index (χ0n) is 9.61. The second-order valence-corrected chi connectivity index (χ2v) is 5.24. The molecule has 0 aromatic heterocycles. The van der Waals surface area contributed by atoms with Crippen LogP contribution in [0.5, 0.6) is 0 Å². The molecule has 0 aromatic rings. The lowest BCUT2D eigenvalue weighted by Gasteiger charge is -2.19. The van der Waals surface area contributed by atoms with Crippen LogP contribution in [0.2, 0.25) is 0 Å². The molecule has 0 heterocycles. The lowest BCUT2D eigenvalue weighted by atomic mass is 10.4. The first-order chi connectivity index (χ1) is 7.08. The molecule has 0 amide bonds. The van der Waals surface area contributed by atoms with Gasteiger partial charge in [-0.1, -0.05) is 6.92 Å². The molecule has 0 unspecified atom stereocenters. The first kappa shape index (κ1) is 14.8. The number of ether oxygens (including phenoxy) is 1. The summed E-state index contributed by atoms with van der Waals surface area (Å²) < 4.78 is 30.0. The van der Waals surface area contributed by atoms with Crippen LogP contribution in [0.1, 0.15) is 20.3 Å². The molecule has 0 saturated heterocycles. The molecule has 0 rings (SSSR count). The number of sulfonamides is 1. The van der Waals surface area contributed by atoms with E-state index in [2.05, 4.69) is 0 Å². The van der Waals surface area contributed by atoms with E-state index in [-0.39, 0.29) is 12.4 Å². The van der Waals surface area contributed by atoms with E-state index in [9.17, 15) is 8.42 Å². The summed E-state index contributed by atoms with van der Waals surface area (Å²) in [6, 6.07) is 0. The van der Waals surface area contributed by atoms with E-state index >= 15 is 0 Å². The van der Waals surface area contributed by atoms with Crippen molar-refractivity contribution in [1.82, 2.24) is 4.31 Å². The summed E-state index contributed by atoms with van der Waals surface area (Å²) in [7, 11) is -3.16. The van der Waals surface area contributed by atoms with E-state index in [1.165, 1.54) is 4.31 Å². The lowest BCUT2D eigenvalue weighted by Crippen LogP contribution is -2.35. The predicted octanol–water partition coefficient (Wildman–Crippen LogP) is 0.0234. The Morgan fingerprint density at radius 3 is 2.47 bits per heavy atom. The van der Waals surface area contributed by atoms with Gasteiger partial charge < -0.3 is 10.5 Å². The summed E-state index contributed by atoms with van der Waals surface area (Å²) in [5, 5.41) is 0. The van der Waals surface area contributed by atoms with Gasteiger partial charge >= 0.3 is 0 Å². The monoisotopic (exact) mass is 238 g/mol. The second-order valence-electron chi connectivity index (χ2n) is 3.15. The Balaban J connectivity index is 4.13. The Labute approximate surface area is 92.6 Å². The Morgan fingerprint density at radius 2 is 2.00 bits per heavy atom. The van der Waals surface area contributed by atoms with Gasteiger partial charge in [-0.2, -0.15) is 0 Å². The van der Waals surface area contributed by atoms with Crippen LogP contribution >= 0.6 is 0 Å². The van der Waals surface area contributed by atoms with Gasteiger partial charge in [0.15, 0.2) is 0 Å².